The van der Waals surface area contributed by atoms with E-state index < -0.39 is 36.1 Å². The van der Waals surface area contributed by atoms with Gasteiger partial charge in [0, 0.05) is 12.6 Å². The van der Waals surface area contributed by atoms with E-state index >= 15 is 0 Å². The Bertz CT molecular complexity index is 634. The Morgan fingerprint density at radius 1 is 1.67 bits per heavy atom. The number of phosphoric acid groups is 1. The Morgan fingerprint density at radius 2 is 2.33 bits per heavy atom. The second-order valence-corrected chi connectivity index (χ2v) is 7.33. The molecule has 0 aliphatic carbocycles. The van der Waals surface area contributed by atoms with Gasteiger partial charge in [0.05, 0.1) is 12.7 Å². The van der Waals surface area contributed by atoms with Crippen LogP contribution in [-0.4, -0.2) is 43.3 Å². The summed E-state index contributed by atoms with van der Waals surface area (Å²) in [6.07, 6.45) is -0.651. The van der Waals surface area contributed by atoms with E-state index in [4.69, 9.17) is 20.3 Å². The normalized spacial score (nSPS) is 29.7. The number of anilines is 1. The molecular formula is C9H13IN3O7P. The lowest BCUT2D eigenvalue weighted by molar-refractivity contribution is -0.0544. The fourth-order valence-corrected chi connectivity index (χ4v) is 3.38. The maximum absolute atomic E-state index is 11.8. The van der Waals surface area contributed by atoms with Crippen molar-refractivity contribution in [3.8, 4) is 0 Å². The third-order valence-corrected chi connectivity index (χ3v) is 4.51. The van der Waals surface area contributed by atoms with Crippen molar-refractivity contribution in [2.75, 3.05) is 12.3 Å². The highest BCUT2D eigenvalue weighted by molar-refractivity contribution is 14.1. The van der Waals surface area contributed by atoms with Crippen LogP contribution in [0.3, 0.4) is 0 Å². The third-order valence-electron chi connectivity index (χ3n) is 2.81. The predicted molar refractivity (Wildman–Crippen MR) is 78.4 cm³/mol. The first-order valence-electron chi connectivity index (χ1n) is 5.71. The summed E-state index contributed by atoms with van der Waals surface area (Å²) in [7, 11) is -4.67. The van der Waals surface area contributed by atoms with Crippen LogP contribution in [0.5, 0.6) is 0 Å². The van der Waals surface area contributed by atoms with Crippen LogP contribution in [0.15, 0.2) is 17.1 Å². The quantitative estimate of drug-likeness (QED) is 0.269. The van der Waals surface area contributed by atoms with E-state index in [0.717, 1.165) is 4.57 Å². The maximum Gasteiger partial charge on any atom is 0.469 e. The first-order valence-corrected chi connectivity index (χ1v) is 8.32. The van der Waals surface area contributed by atoms with Crippen molar-refractivity contribution < 1.29 is 28.7 Å². The van der Waals surface area contributed by atoms with E-state index in [0.29, 0.717) is 0 Å². The van der Waals surface area contributed by atoms with Gasteiger partial charge in [0.15, 0.2) is 0 Å². The van der Waals surface area contributed by atoms with Crippen LogP contribution in [0, 0.1) is 0 Å². The average Bonchev–Trinajstić information content (AvgIpc) is 2.61. The lowest BCUT2D eigenvalue weighted by Gasteiger charge is -2.24. The van der Waals surface area contributed by atoms with Crippen molar-refractivity contribution in [2.24, 2.45) is 0 Å². The molecule has 0 unspecified atom stereocenters. The Labute approximate surface area is 132 Å². The minimum atomic E-state index is -4.67. The summed E-state index contributed by atoms with van der Waals surface area (Å²) in [5.41, 5.74) is 4.74. The Balaban J connectivity index is 2.18. The van der Waals surface area contributed by atoms with E-state index in [1.54, 1.807) is 0 Å². The third kappa shape index (κ3) is 4.00. The lowest BCUT2D eigenvalue weighted by atomic mass is 10.2. The summed E-state index contributed by atoms with van der Waals surface area (Å²) in [6.45, 7) is -0.507. The molecule has 1 saturated heterocycles. The molecule has 0 radical (unpaired) electrons. The molecule has 118 valence electrons. The number of aliphatic hydroxyl groups is 1. The maximum atomic E-state index is 11.8. The van der Waals surface area contributed by atoms with Crippen molar-refractivity contribution in [1.29, 1.82) is 0 Å². The molecule has 2 heterocycles. The molecular weight excluding hydrogens is 420 g/mol. The molecule has 12 heteroatoms. The number of nitrogens with two attached hydrogens (primary N) is 1. The highest BCUT2D eigenvalue weighted by Gasteiger charge is 2.47. The molecule has 1 aliphatic rings. The topological polar surface area (TPSA) is 157 Å². The number of ether oxygens (including phenoxy) is 1. The fraction of sp³-hybridized carbons (Fsp3) is 0.556. The molecule has 0 saturated carbocycles. The summed E-state index contributed by atoms with van der Waals surface area (Å²) < 4.78 is 20.4. The molecule has 1 aromatic rings. The van der Waals surface area contributed by atoms with Crippen molar-refractivity contribution in [1.82, 2.24) is 9.55 Å². The van der Waals surface area contributed by atoms with Crippen LogP contribution in [0.1, 0.15) is 6.42 Å². The number of alkyl halides is 1. The summed E-state index contributed by atoms with van der Waals surface area (Å²) in [5.74, 6) is 0.0520. The molecule has 0 aromatic carbocycles. The number of aromatic nitrogens is 2. The monoisotopic (exact) mass is 433 g/mol. The molecule has 0 spiro atoms. The zero-order valence-electron chi connectivity index (χ0n) is 10.5. The first kappa shape index (κ1) is 16.8. The zero-order chi connectivity index (χ0) is 15.8. The van der Waals surface area contributed by atoms with Crippen LogP contribution < -0.4 is 11.4 Å². The van der Waals surface area contributed by atoms with Crippen molar-refractivity contribution >= 4 is 36.2 Å². The van der Waals surface area contributed by atoms with Crippen molar-refractivity contribution in [2.45, 2.75) is 22.4 Å². The van der Waals surface area contributed by atoms with E-state index in [1.165, 1.54) is 12.3 Å². The fourth-order valence-electron chi connectivity index (χ4n) is 1.89. The smallest absolute Gasteiger partial charge is 0.390 e. The van der Waals surface area contributed by atoms with Gasteiger partial charge in [-0.2, -0.15) is 4.98 Å². The van der Waals surface area contributed by atoms with E-state index in [9.17, 15) is 14.5 Å². The van der Waals surface area contributed by atoms with Gasteiger partial charge in [-0.15, -0.1) is 0 Å². The predicted octanol–water partition coefficient (Wildman–Crippen LogP) is -0.870. The molecule has 2 rings (SSSR count). The van der Waals surface area contributed by atoms with Gasteiger partial charge in [0.2, 0.25) is 3.73 Å². The van der Waals surface area contributed by atoms with Crippen LogP contribution in [-0.2, 0) is 17.6 Å². The number of halogens is 1. The number of hydrogen-bond donors (Lipinski definition) is 4. The molecule has 0 bridgehead atoms. The molecule has 10 nitrogen and oxygen atoms in total. The van der Waals surface area contributed by atoms with Gasteiger partial charge in [-0.05, 0) is 28.7 Å². The highest BCUT2D eigenvalue weighted by atomic mass is 127. The van der Waals surface area contributed by atoms with E-state index in [-0.39, 0.29) is 12.2 Å². The number of hydrogen-bond acceptors (Lipinski definition) is 7. The minimum Gasteiger partial charge on any atom is -0.390 e. The molecule has 1 aromatic heterocycles. The van der Waals surface area contributed by atoms with E-state index in [2.05, 4.69) is 9.51 Å². The number of nitrogen functional groups attached to an aromatic ring is 1. The minimum absolute atomic E-state index is 0.0221. The Kier molecular flexibility index (Phi) is 4.73. The SMILES string of the molecule is Nc1ccn([C@@]2(I)C[C@H](O)[C@@H](COP(=O)(O)O)O2)c(=O)n1. The number of rotatable bonds is 4. The summed E-state index contributed by atoms with van der Waals surface area (Å²) in [6, 6.07) is 1.40. The van der Waals surface area contributed by atoms with Gasteiger partial charge in [-0.3, -0.25) is 9.09 Å². The standard InChI is InChI=1S/C9H13IN3O7P/c10-9(13-2-1-7(11)12-8(13)15)3-5(14)6(20-9)4-19-21(16,17)18/h1-2,5-6,14H,3-4H2,(H2,11,12,15)(H2,16,17,18)/t5-,6+,9-/m0/s1. The summed E-state index contributed by atoms with van der Waals surface area (Å²) >= 11 is 1.81. The lowest BCUT2D eigenvalue weighted by Crippen LogP contribution is -2.37. The molecule has 21 heavy (non-hydrogen) atoms. The largest absolute Gasteiger partial charge is 0.469 e. The van der Waals surface area contributed by atoms with Crippen molar-refractivity contribution in [3.05, 3.63) is 22.7 Å². The Morgan fingerprint density at radius 3 is 2.90 bits per heavy atom. The first-order chi connectivity index (χ1) is 9.61. The van der Waals surface area contributed by atoms with Crippen LogP contribution >= 0.6 is 30.4 Å². The molecule has 3 atom stereocenters. The van der Waals surface area contributed by atoms with Gasteiger partial charge in [-0.25, -0.2) is 9.36 Å². The van der Waals surface area contributed by atoms with Gasteiger partial charge < -0.3 is 25.4 Å². The van der Waals surface area contributed by atoms with E-state index in [1.807, 2.05) is 22.6 Å². The summed E-state index contributed by atoms with van der Waals surface area (Å²) in [5, 5.41) is 9.90. The van der Waals surface area contributed by atoms with Gasteiger partial charge in [0.1, 0.15) is 11.9 Å². The van der Waals surface area contributed by atoms with Gasteiger partial charge in [-0.1, -0.05) is 0 Å². The molecule has 1 aliphatic heterocycles. The second-order valence-electron chi connectivity index (χ2n) is 4.41. The number of nitrogens with zero attached hydrogens (tertiary/aromatic N) is 2. The zero-order valence-corrected chi connectivity index (χ0v) is 13.5. The highest BCUT2D eigenvalue weighted by Crippen LogP contribution is 2.42. The van der Waals surface area contributed by atoms with Crippen molar-refractivity contribution in [3.63, 3.8) is 0 Å². The molecule has 5 N–H and O–H groups in total. The summed E-state index contributed by atoms with van der Waals surface area (Å²) in [4.78, 5) is 32.7. The number of phosphoric ester groups is 1. The Hall–Kier alpha value is -0.560. The molecule has 0 amide bonds. The van der Waals surface area contributed by atoms with Crippen LogP contribution in [0.2, 0.25) is 0 Å². The molecule has 1 fully saturated rings. The van der Waals surface area contributed by atoms with Crippen LogP contribution in [0.25, 0.3) is 0 Å². The van der Waals surface area contributed by atoms with Gasteiger partial charge in [0.25, 0.3) is 0 Å². The second kappa shape index (κ2) is 5.91. The van der Waals surface area contributed by atoms with Gasteiger partial charge >= 0.3 is 13.5 Å². The average molecular weight is 433 g/mol. The van der Waals surface area contributed by atoms with Crippen LogP contribution in [0.4, 0.5) is 5.82 Å². The number of aliphatic hydroxyl groups excluding tert-OH is 1.